The molecule has 1 aromatic carbocycles. The molecule has 1 aromatic rings. The van der Waals surface area contributed by atoms with Gasteiger partial charge in [0, 0.05) is 24.3 Å². The van der Waals surface area contributed by atoms with Crippen molar-refractivity contribution in [3.8, 4) is 5.75 Å². The molecule has 2 rings (SSSR count). The maximum Gasteiger partial charge on any atom is 0.573 e. The smallest absolute Gasteiger partial charge is 0.406 e. The molecular formula is C13H17F3N2O. The second-order valence-corrected chi connectivity index (χ2v) is 4.94. The van der Waals surface area contributed by atoms with Crippen molar-refractivity contribution in [3.63, 3.8) is 0 Å². The molecule has 0 bridgehead atoms. The first kappa shape index (κ1) is 14.0. The molecule has 2 unspecified atom stereocenters. The van der Waals surface area contributed by atoms with E-state index in [4.69, 9.17) is 0 Å². The highest BCUT2D eigenvalue weighted by atomic mass is 19.4. The lowest BCUT2D eigenvalue weighted by molar-refractivity contribution is -0.274. The van der Waals surface area contributed by atoms with Gasteiger partial charge in [-0.15, -0.1) is 13.2 Å². The Hall–Kier alpha value is -1.43. The molecule has 0 radical (unpaired) electrons. The number of rotatable bonds is 3. The molecule has 1 aliphatic heterocycles. The molecule has 0 amide bonds. The van der Waals surface area contributed by atoms with Crippen molar-refractivity contribution in [2.24, 2.45) is 0 Å². The maximum absolute atomic E-state index is 12.0. The number of nitrogens with zero attached hydrogens (tertiary/aromatic N) is 1. The fraction of sp³-hybridized carbons (Fsp3) is 0.538. The summed E-state index contributed by atoms with van der Waals surface area (Å²) in [5.74, 6) is -0.199. The Bertz CT molecular complexity index is 409. The summed E-state index contributed by atoms with van der Waals surface area (Å²) in [5, 5.41) is 3.31. The Labute approximate surface area is 110 Å². The molecule has 3 nitrogen and oxygen atoms in total. The SMILES string of the molecule is CC1CC(Nc2ccc(OC(F)(F)F)cc2)CN1C. The van der Waals surface area contributed by atoms with Gasteiger partial charge in [0.25, 0.3) is 0 Å². The first-order valence-corrected chi connectivity index (χ1v) is 6.16. The van der Waals surface area contributed by atoms with Gasteiger partial charge < -0.3 is 15.0 Å². The molecule has 1 heterocycles. The highest BCUT2D eigenvalue weighted by Gasteiger charge is 2.31. The topological polar surface area (TPSA) is 24.5 Å². The van der Waals surface area contributed by atoms with Crippen LogP contribution in [0, 0.1) is 0 Å². The molecule has 1 saturated heterocycles. The number of alkyl halides is 3. The van der Waals surface area contributed by atoms with Crippen LogP contribution in [-0.2, 0) is 0 Å². The molecule has 6 heteroatoms. The summed E-state index contributed by atoms with van der Waals surface area (Å²) in [5.41, 5.74) is 0.807. The number of anilines is 1. The van der Waals surface area contributed by atoms with Crippen molar-refractivity contribution >= 4 is 5.69 Å². The van der Waals surface area contributed by atoms with Crippen LogP contribution < -0.4 is 10.1 Å². The number of halogens is 3. The molecule has 1 fully saturated rings. The number of hydrogen-bond donors (Lipinski definition) is 1. The van der Waals surface area contributed by atoms with Gasteiger partial charge in [-0.2, -0.15) is 0 Å². The van der Waals surface area contributed by atoms with Crippen molar-refractivity contribution in [2.45, 2.75) is 31.8 Å². The molecule has 0 aliphatic carbocycles. The Morgan fingerprint density at radius 1 is 1.26 bits per heavy atom. The number of likely N-dealkylation sites (tertiary alicyclic amines) is 1. The molecular weight excluding hydrogens is 257 g/mol. The average Bonchev–Trinajstić information content (AvgIpc) is 2.59. The van der Waals surface area contributed by atoms with Crippen LogP contribution in [0.15, 0.2) is 24.3 Å². The molecule has 19 heavy (non-hydrogen) atoms. The van der Waals surface area contributed by atoms with Gasteiger partial charge in [0.15, 0.2) is 0 Å². The van der Waals surface area contributed by atoms with Gasteiger partial charge in [-0.25, -0.2) is 0 Å². The predicted octanol–water partition coefficient (Wildman–Crippen LogP) is 3.09. The Balaban J connectivity index is 1.92. The van der Waals surface area contributed by atoms with Crippen LogP contribution in [0.3, 0.4) is 0 Å². The molecule has 1 aliphatic rings. The zero-order valence-electron chi connectivity index (χ0n) is 10.9. The van der Waals surface area contributed by atoms with Crippen LogP contribution in [0.4, 0.5) is 18.9 Å². The van der Waals surface area contributed by atoms with Crippen LogP contribution in [-0.4, -0.2) is 36.9 Å². The van der Waals surface area contributed by atoms with Crippen LogP contribution in [0.25, 0.3) is 0 Å². The number of benzene rings is 1. The van der Waals surface area contributed by atoms with Crippen LogP contribution in [0.2, 0.25) is 0 Å². The summed E-state index contributed by atoms with van der Waals surface area (Å²) in [6.45, 7) is 3.09. The third-order valence-electron chi connectivity index (χ3n) is 3.35. The van der Waals surface area contributed by atoms with E-state index >= 15 is 0 Å². The van der Waals surface area contributed by atoms with Crippen LogP contribution in [0.1, 0.15) is 13.3 Å². The van der Waals surface area contributed by atoms with E-state index in [0.29, 0.717) is 12.1 Å². The third-order valence-corrected chi connectivity index (χ3v) is 3.35. The minimum Gasteiger partial charge on any atom is -0.406 e. The van der Waals surface area contributed by atoms with Gasteiger partial charge >= 0.3 is 6.36 Å². The summed E-state index contributed by atoms with van der Waals surface area (Å²) in [4.78, 5) is 2.25. The number of ether oxygens (including phenoxy) is 1. The second kappa shape index (κ2) is 5.28. The summed E-state index contributed by atoms with van der Waals surface area (Å²) < 4.78 is 39.9. The normalized spacial score (nSPS) is 24.5. The van der Waals surface area contributed by atoms with E-state index in [1.807, 2.05) is 0 Å². The summed E-state index contributed by atoms with van der Waals surface area (Å²) in [6, 6.07) is 6.68. The van der Waals surface area contributed by atoms with Gasteiger partial charge in [0.05, 0.1) is 0 Å². The summed E-state index contributed by atoms with van der Waals surface area (Å²) in [6.07, 6.45) is -3.62. The van der Waals surface area contributed by atoms with E-state index in [1.54, 1.807) is 12.1 Å². The molecule has 0 aromatic heterocycles. The van der Waals surface area contributed by atoms with Crippen molar-refractivity contribution in [1.29, 1.82) is 0 Å². The van der Waals surface area contributed by atoms with E-state index in [2.05, 4.69) is 28.9 Å². The molecule has 1 N–H and O–H groups in total. The maximum atomic E-state index is 12.0. The third kappa shape index (κ3) is 4.02. The first-order chi connectivity index (χ1) is 8.83. The van der Waals surface area contributed by atoms with E-state index < -0.39 is 6.36 Å². The van der Waals surface area contributed by atoms with Gasteiger partial charge in [0.1, 0.15) is 5.75 Å². The van der Waals surface area contributed by atoms with Gasteiger partial charge in [-0.3, -0.25) is 0 Å². The van der Waals surface area contributed by atoms with Crippen molar-refractivity contribution < 1.29 is 17.9 Å². The Morgan fingerprint density at radius 3 is 2.37 bits per heavy atom. The lowest BCUT2D eigenvalue weighted by Gasteiger charge is -2.15. The standard InChI is InChI=1S/C13H17F3N2O/c1-9-7-11(8-18(9)2)17-10-3-5-12(6-4-10)19-13(14,15)16/h3-6,9,11,17H,7-8H2,1-2H3. The van der Waals surface area contributed by atoms with E-state index in [1.165, 1.54) is 12.1 Å². The number of hydrogen-bond acceptors (Lipinski definition) is 3. The van der Waals surface area contributed by atoms with Crippen molar-refractivity contribution in [1.82, 2.24) is 4.90 Å². The first-order valence-electron chi connectivity index (χ1n) is 6.16. The van der Waals surface area contributed by atoms with Crippen LogP contribution in [0.5, 0.6) is 5.75 Å². The number of nitrogens with one attached hydrogen (secondary N) is 1. The highest BCUT2D eigenvalue weighted by molar-refractivity contribution is 5.47. The minimum atomic E-state index is -4.64. The largest absolute Gasteiger partial charge is 0.573 e. The van der Waals surface area contributed by atoms with Crippen molar-refractivity contribution in [3.05, 3.63) is 24.3 Å². The quantitative estimate of drug-likeness (QED) is 0.916. The summed E-state index contributed by atoms with van der Waals surface area (Å²) in [7, 11) is 2.06. The zero-order chi connectivity index (χ0) is 14.0. The van der Waals surface area contributed by atoms with E-state index in [9.17, 15) is 13.2 Å². The number of likely N-dealkylation sites (N-methyl/N-ethyl adjacent to an activating group) is 1. The van der Waals surface area contributed by atoms with E-state index in [-0.39, 0.29) is 5.75 Å². The zero-order valence-corrected chi connectivity index (χ0v) is 10.9. The van der Waals surface area contributed by atoms with Gasteiger partial charge in [-0.1, -0.05) is 0 Å². The fourth-order valence-corrected chi connectivity index (χ4v) is 2.29. The van der Waals surface area contributed by atoms with E-state index in [0.717, 1.165) is 18.7 Å². The predicted molar refractivity (Wildman–Crippen MR) is 67.2 cm³/mol. The highest BCUT2D eigenvalue weighted by Crippen LogP contribution is 2.25. The lowest BCUT2D eigenvalue weighted by atomic mass is 10.2. The Kier molecular flexibility index (Phi) is 3.89. The molecule has 106 valence electrons. The fourth-order valence-electron chi connectivity index (χ4n) is 2.29. The second-order valence-electron chi connectivity index (χ2n) is 4.94. The van der Waals surface area contributed by atoms with Crippen LogP contribution >= 0.6 is 0 Å². The molecule has 0 saturated carbocycles. The average molecular weight is 274 g/mol. The molecule has 2 atom stereocenters. The Morgan fingerprint density at radius 2 is 1.89 bits per heavy atom. The van der Waals surface area contributed by atoms with Crippen molar-refractivity contribution in [2.75, 3.05) is 18.9 Å². The minimum absolute atomic E-state index is 0.199. The van der Waals surface area contributed by atoms with Gasteiger partial charge in [-0.05, 0) is 44.7 Å². The molecule has 0 spiro atoms. The summed E-state index contributed by atoms with van der Waals surface area (Å²) >= 11 is 0. The monoisotopic (exact) mass is 274 g/mol. The lowest BCUT2D eigenvalue weighted by Crippen LogP contribution is -2.24. The van der Waals surface area contributed by atoms with Gasteiger partial charge in [0.2, 0.25) is 0 Å².